The molecule has 0 fully saturated rings. The average Bonchev–Trinajstić information content (AvgIpc) is 0.486. The molecule has 113 heavy (non-hydrogen) atoms. The Morgan fingerprint density at radius 1 is 0.319 bits per heavy atom. The fraction of sp³-hybridized carbons (Fsp3) is 0.592. The molecule has 0 unspecified atom stereocenters. The zero-order valence-electron chi connectivity index (χ0n) is 65.2. The Labute approximate surface area is 658 Å². The lowest BCUT2D eigenvalue weighted by atomic mass is 9.98. The molecule has 0 aliphatic carbocycles. The number of carbonyl (C=O) groups is 11. The molecular weight excluding hydrogens is 1460 g/mol. The third-order valence-corrected chi connectivity index (χ3v) is 17.2. The van der Waals surface area contributed by atoms with Crippen LogP contribution in [0.2, 0.25) is 0 Å². The zero-order chi connectivity index (χ0) is 84.5. The summed E-state index contributed by atoms with van der Waals surface area (Å²) in [4.78, 5) is 182. The fourth-order valence-electron chi connectivity index (χ4n) is 11.3. The van der Waals surface area contributed by atoms with E-state index in [-0.39, 0.29) is 177 Å². The summed E-state index contributed by atoms with van der Waals surface area (Å²) in [5.41, 5.74) is 80.1. The highest BCUT2D eigenvalue weighted by Gasteiger charge is 2.37. The second-order valence-electron chi connectivity index (χ2n) is 27.7. The Bertz CT molecular complexity index is 3500. The van der Waals surface area contributed by atoms with E-state index < -0.39 is 137 Å². The number of carboxylic acid groups (broad SMARTS) is 1. The molecule has 42 nitrogen and oxygen atoms in total. The number of aliphatic imine (C=N–C) groups is 6. The van der Waals surface area contributed by atoms with E-state index in [1.54, 1.807) is 74.5 Å². The Kier molecular flexibility index (Phi) is 46.4. The van der Waals surface area contributed by atoms with Crippen molar-refractivity contribution in [1.29, 1.82) is 0 Å². The number of nitrogens with two attached hydrogens (primary N) is 14. The third kappa shape index (κ3) is 42.2. The van der Waals surface area contributed by atoms with Crippen LogP contribution >= 0.6 is 0 Å². The standard InChI is InChI=1S/C71H124N30O12/c1-40(2)37-51(98-55(102)44(73)23-11-12-30-72)63(110)101-54(41(3)4)64(111)100-53(39-43-21-9-6-10-22-43)62(109)99-52(38-42-19-7-5-8-20-42)61(108)96-48(27-16-34-89-69(80)81)59(106)94-46(25-14-32-87-67(76)77)57(104)92-45(24-13-31-86-66(74)75)56(103)93-47(26-15-33-88-68(78)79)58(105)95-49(28-17-35-90-70(82)83)60(107)97-50(65(112)113)29-18-36-91-71(84)85/h5-10,19-22,40-41,44-54H,11-18,23-39,72-73H2,1-4H3,(H,92,104)(H,93,103)(H,94,106)(H,95,105)(H,96,108)(H,97,107)(H,98,102)(H,99,109)(H,100,111)(H,101,110)(H,112,113)(H4,74,75,86)(H4,76,77,87)(H4,78,79,88)(H4,80,81,89)(H4,82,83,90)(H4,84,85,91)/t44-,45-,46-,47-,48-,49-,50-,51-,52-,53-,54-/m0/s1. The number of aliphatic carboxylic acids is 1. The van der Waals surface area contributed by atoms with Crippen LogP contribution in [0.3, 0.4) is 0 Å². The van der Waals surface area contributed by atoms with E-state index in [1.165, 1.54) is 0 Å². The van der Waals surface area contributed by atoms with E-state index in [2.05, 4.69) is 83.1 Å². The molecule has 0 saturated carbocycles. The summed E-state index contributed by atoms with van der Waals surface area (Å²) in [5.74, 6) is -12.4. The number of hydrogen-bond acceptors (Lipinski definition) is 19. The van der Waals surface area contributed by atoms with Crippen LogP contribution in [-0.2, 0) is 65.6 Å². The first-order chi connectivity index (χ1) is 53.5. The lowest BCUT2D eigenvalue weighted by molar-refractivity contribution is -0.142. The minimum Gasteiger partial charge on any atom is -0.480 e. The number of guanidine groups is 6. The Hall–Kier alpha value is -11.8. The molecule has 0 radical (unpaired) electrons. The predicted molar refractivity (Wildman–Crippen MR) is 432 cm³/mol. The van der Waals surface area contributed by atoms with Gasteiger partial charge in [0, 0.05) is 52.1 Å². The Morgan fingerprint density at radius 3 is 0.850 bits per heavy atom. The Balaban J connectivity index is 2.80. The van der Waals surface area contributed by atoms with Crippen LogP contribution < -0.4 is 133 Å². The molecule has 39 N–H and O–H groups in total. The summed E-state index contributed by atoms with van der Waals surface area (Å²) >= 11 is 0. The van der Waals surface area contributed by atoms with Gasteiger partial charge in [0.2, 0.25) is 59.1 Å². The summed E-state index contributed by atoms with van der Waals surface area (Å²) in [7, 11) is 0. The van der Waals surface area contributed by atoms with Crippen LogP contribution in [0.1, 0.15) is 142 Å². The van der Waals surface area contributed by atoms with Gasteiger partial charge in [0.15, 0.2) is 35.8 Å². The van der Waals surface area contributed by atoms with Crippen molar-refractivity contribution in [3.05, 3.63) is 71.8 Å². The van der Waals surface area contributed by atoms with Crippen molar-refractivity contribution in [2.75, 3.05) is 45.8 Å². The molecule has 2 aromatic carbocycles. The van der Waals surface area contributed by atoms with Crippen molar-refractivity contribution in [1.82, 2.24) is 53.2 Å². The zero-order valence-corrected chi connectivity index (χ0v) is 65.2. The van der Waals surface area contributed by atoms with Gasteiger partial charge in [-0.05, 0) is 126 Å². The molecule has 42 heteroatoms. The van der Waals surface area contributed by atoms with Crippen LogP contribution in [0.15, 0.2) is 90.6 Å². The molecule has 2 rings (SSSR count). The molecule has 10 amide bonds. The van der Waals surface area contributed by atoms with Crippen molar-refractivity contribution < 1.29 is 57.8 Å². The number of carboxylic acids is 1. The number of nitrogens with one attached hydrogen (secondary N) is 10. The molecule has 630 valence electrons. The Morgan fingerprint density at radius 2 is 0.575 bits per heavy atom. The molecule has 11 atom stereocenters. The second-order valence-corrected chi connectivity index (χ2v) is 27.7. The van der Waals surface area contributed by atoms with Crippen molar-refractivity contribution in [2.45, 2.75) is 210 Å². The lowest BCUT2D eigenvalue weighted by Crippen LogP contribution is -2.61. The van der Waals surface area contributed by atoms with Crippen molar-refractivity contribution in [3.8, 4) is 0 Å². The van der Waals surface area contributed by atoms with Gasteiger partial charge < -0.3 is 139 Å². The lowest BCUT2D eigenvalue weighted by Gasteiger charge is -2.29. The van der Waals surface area contributed by atoms with Crippen LogP contribution in [0, 0.1) is 11.8 Å². The van der Waals surface area contributed by atoms with E-state index in [0.717, 1.165) is 0 Å². The van der Waals surface area contributed by atoms with E-state index in [0.29, 0.717) is 36.9 Å². The molecular formula is C71H124N30O12. The SMILES string of the molecule is CC(C)C[C@H](NC(=O)[C@@H](N)CCCCN)C(=O)N[C@H](C(=O)N[C@@H](Cc1ccccc1)C(=O)N[C@@H](Cc1ccccc1)C(=O)N[C@@H](CCCN=C(N)N)C(=O)N[C@@H](CCCN=C(N)N)C(=O)N[C@@H](CCCN=C(N)N)C(=O)N[C@@H](CCCN=C(N)N)C(=O)N[C@@H](CCCN=C(N)N)C(=O)N[C@@H](CCCN=C(N)N)C(=O)O)C(C)C. The highest BCUT2D eigenvalue weighted by molar-refractivity contribution is 5.99. The number of carbonyl (C=O) groups excluding carboxylic acids is 10. The predicted octanol–water partition coefficient (Wildman–Crippen LogP) is -7.12. The van der Waals surface area contributed by atoms with Crippen LogP contribution in [0.25, 0.3) is 0 Å². The smallest absolute Gasteiger partial charge is 0.326 e. The van der Waals surface area contributed by atoms with Gasteiger partial charge in [0.1, 0.15) is 60.4 Å². The fourth-order valence-corrected chi connectivity index (χ4v) is 11.3. The van der Waals surface area contributed by atoms with Gasteiger partial charge in [-0.2, -0.15) is 0 Å². The van der Waals surface area contributed by atoms with Gasteiger partial charge in [0.25, 0.3) is 0 Å². The van der Waals surface area contributed by atoms with Gasteiger partial charge in [-0.1, -0.05) is 94.8 Å². The third-order valence-electron chi connectivity index (χ3n) is 17.2. The van der Waals surface area contributed by atoms with Gasteiger partial charge >= 0.3 is 5.97 Å². The number of hydrogen-bond donors (Lipinski definition) is 25. The summed E-state index contributed by atoms with van der Waals surface area (Å²) < 4.78 is 0. The maximum absolute atomic E-state index is 15.2. The molecule has 0 saturated heterocycles. The number of amides is 10. The summed E-state index contributed by atoms with van der Waals surface area (Å²) in [5, 5.41) is 37.0. The van der Waals surface area contributed by atoms with E-state index >= 15 is 19.2 Å². The highest BCUT2D eigenvalue weighted by atomic mass is 16.4. The average molecular weight is 1590 g/mol. The van der Waals surface area contributed by atoms with Crippen molar-refractivity contribution in [3.63, 3.8) is 0 Å². The molecule has 0 aromatic heterocycles. The molecule has 2 aromatic rings. The topological polar surface area (TPSA) is 767 Å². The monoisotopic (exact) mass is 1590 g/mol. The minimum atomic E-state index is -1.57. The van der Waals surface area contributed by atoms with Crippen molar-refractivity contribution in [2.24, 2.45) is 122 Å². The summed E-state index contributed by atoms with van der Waals surface area (Å²) in [6, 6.07) is 1.77. The van der Waals surface area contributed by atoms with Crippen LogP contribution in [0.5, 0.6) is 0 Å². The quantitative estimate of drug-likeness (QED) is 0.0166. The maximum atomic E-state index is 15.2. The van der Waals surface area contributed by atoms with Crippen LogP contribution in [0.4, 0.5) is 0 Å². The van der Waals surface area contributed by atoms with Crippen molar-refractivity contribution >= 4 is 101 Å². The van der Waals surface area contributed by atoms with Gasteiger partial charge in [0.05, 0.1) is 6.04 Å². The van der Waals surface area contributed by atoms with Crippen LogP contribution in [-0.4, -0.2) is 218 Å². The number of nitrogens with zero attached hydrogens (tertiary/aromatic N) is 6. The van der Waals surface area contributed by atoms with Gasteiger partial charge in [-0.3, -0.25) is 77.9 Å². The minimum absolute atomic E-state index is 0.0154. The molecule has 0 heterocycles. The number of unbranched alkanes of at least 4 members (excludes halogenated alkanes) is 1. The molecule has 0 aliphatic heterocycles. The summed E-state index contributed by atoms with van der Waals surface area (Å²) in [6.45, 7) is 7.24. The number of benzene rings is 2. The van der Waals surface area contributed by atoms with E-state index in [9.17, 15) is 38.7 Å². The van der Waals surface area contributed by atoms with E-state index in [1.807, 2.05) is 13.8 Å². The maximum Gasteiger partial charge on any atom is 0.326 e. The van der Waals surface area contributed by atoms with Gasteiger partial charge in [-0.25, -0.2) is 4.79 Å². The normalized spacial score (nSPS) is 13.8. The first kappa shape index (κ1) is 97.2. The first-order valence-electron chi connectivity index (χ1n) is 37.6. The first-order valence-corrected chi connectivity index (χ1v) is 37.6. The van der Waals surface area contributed by atoms with Gasteiger partial charge in [-0.15, -0.1) is 0 Å². The number of rotatable bonds is 56. The second kappa shape index (κ2) is 53.9. The highest BCUT2D eigenvalue weighted by Crippen LogP contribution is 2.15. The molecule has 0 spiro atoms. The molecule has 0 bridgehead atoms. The molecule has 0 aliphatic rings. The summed E-state index contributed by atoms with van der Waals surface area (Å²) in [6.07, 6.45) is 0.588. The van der Waals surface area contributed by atoms with E-state index in [4.69, 9.17) is 80.3 Å². The largest absolute Gasteiger partial charge is 0.480 e.